The molecule has 14 heavy (non-hydrogen) atoms. The average Bonchev–Trinajstić information content (AvgIpc) is 2.01. The maximum absolute atomic E-state index is 10.2. The van der Waals surface area contributed by atoms with E-state index in [1.165, 1.54) is 7.11 Å². The highest BCUT2D eigenvalue weighted by molar-refractivity contribution is 6.17. The molecule has 0 aromatic rings. The van der Waals surface area contributed by atoms with Gasteiger partial charge < -0.3 is 9.22 Å². The first kappa shape index (κ1) is 15.9. The van der Waals surface area contributed by atoms with Crippen molar-refractivity contribution >= 4 is 17.6 Å². The van der Waals surface area contributed by atoms with E-state index in [2.05, 4.69) is 32.5 Å². The van der Waals surface area contributed by atoms with Crippen LogP contribution < -0.4 is 0 Å². The van der Waals surface area contributed by atoms with Gasteiger partial charge in [0.25, 0.3) is 0 Å². The molecule has 84 valence electrons. The zero-order valence-corrected chi connectivity index (χ0v) is 10.5. The minimum Gasteiger partial charge on any atom is -0.466 e. The number of methoxy groups -OCH3 is 1. The van der Waals surface area contributed by atoms with Gasteiger partial charge in [-0.25, -0.2) is 4.79 Å². The molecule has 0 rings (SSSR count). The van der Waals surface area contributed by atoms with Gasteiger partial charge in [0.1, 0.15) is 0 Å². The Bertz CT molecular complexity index is 185. The summed E-state index contributed by atoms with van der Waals surface area (Å²) in [6, 6.07) is 0. The lowest BCUT2D eigenvalue weighted by atomic mass is 10.4. The first-order chi connectivity index (χ1) is 6.24. The second-order valence-electron chi connectivity index (χ2n) is 3.97. The number of rotatable bonds is 3. The largest absolute Gasteiger partial charge is 0.466 e. The van der Waals surface area contributed by atoms with Gasteiger partial charge in [-0.15, -0.1) is 11.6 Å². The predicted molar refractivity (Wildman–Crippen MR) is 60.4 cm³/mol. The summed E-state index contributed by atoms with van der Waals surface area (Å²) >= 11 is 5.47. The van der Waals surface area contributed by atoms with Crippen LogP contribution in [0.1, 0.15) is 6.92 Å². The van der Waals surface area contributed by atoms with Crippen LogP contribution in [0.15, 0.2) is 12.2 Å². The summed E-state index contributed by atoms with van der Waals surface area (Å²) in [6.45, 7) is 6.00. The van der Waals surface area contributed by atoms with Crippen LogP contribution in [-0.4, -0.2) is 51.1 Å². The fourth-order valence-electron chi connectivity index (χ4n) is 0.428. The summed E-state index contributed by atoms with van der Waals surface area (Å²) < 4.78 is 5.23. The molecule has 0 N–H and O–H groups in total. The van der Waals surface area contributed by atoms with Crippen LogP contribution in [0.25, 0.3) is 0 Å². The highest BCUT2D eigenvalue weighted by Gasteiger charge is 2.02. The number of hydrogen-bond acceptors (Lipinski definition) is 2. The van der Waals surface area contributed by atoms with E-state index in [0.29, 0.717) is 5.57 Å². The number of nitrogens with zero attached hydrogens (tertiary/aromatic N) is 1. The highest BCUT2D eigenvalue weighted by atomic mass is 35.5. The van der Waals surface area contributed by atoms with Gasteiger partial charge in [-0.05, 0) is 6.92 Å². The third-order valence-electron chi connectivity index (χ3n) is 1.29. The average molecular weight is 223 g/mol. The molecule has 0 aliphatic carbocycles. The van der Waals surface area contributed by atoms with Crippen molar-refractivity contribution in [2.45, 2.75) is 6.92 Å². The van der Waals surface area contributed by atoms with E-state index >= 15 is 0 Å². The third kappa shape index (κ3) is 14.0. The van der Waals surface area contributed by atoms with Crippen LogP contribution in [-0.2, 0) is 9.53 Å². The second kappa shape index (κ2) is 7.83. The Morgan fingerprint density at radius 2 is 1.86 bits per heavy atom. The lowest BCUT2D eigenvalue weighted by Crippen LogP contribution is -2.35. The highest BCUT2D eigenvalue weighted by Crippen LogP contribution is 1.89. The number of alkyl halides is 1. The van der Waals surface area contributed by atoms with E-state index in [-0.39, 0.29) is 5.97 Å². The number of ether oxygens (including phenoxy) is 1. The molecule has 0 amide bonds. The molecule has 0 heterocycles. The molecule has 0 bridgehead atoms. The summed E-state index contributed by atoms with van der Waals surface area (Å²) in [5.74, 6) is 0.406. The summed E-state index contributed by atoms with van der Waals surface area (Å²) in [6.07, 6.45) is 0. The number of halogens is 1. The molecule has 0 aliphatic heterocycles. The van der Waals surface area contributed by atoms with Crippen molar-refractivity contribution in [3.8, 4) is 0 Å². The van der Waals surface area contributed by atoms with E-state index in [1.807, 2.05) is 0 Å². The van der Waals surface area contributed by atoms with Crippen molar-refractivity contribution in [1.29, 1.82) is 0 Å². The van der Waals surface area contributed by atoms with E-state index in [1.54, 1.807) is 6.92 Å². The van der Waals surface area contributed by atoms with Crippen LogP contribution in [0.5, 0.6) is 0 Å². The van der Waals surface area contributed by atoms with Crippen LogP contribution in [0, 0.1) is 0 Å². The molecular weight excluding hydrogens is 202 g/mol. The van der Waals surface area contributed by atoms with E-state index in [4.69, 9.17) is 11.6 Å². The quantitative estimate of drug-likeness (QED) is 0.314. The normalized spacial score (nSPS) is 9.86. The maximum atomic E-state index is 10.2. The van der Waals surface area contributed by atoms with Crippen LogP contribution in [0.2, 0.25) is 0 Å². The summed E-state index contributed by atoms with van der Waals surface area (Å²) in [4.78, 5) is 10.2. The molecule has 3 nitrogen and oxygen atoms in total. The van der Waals surface area contributed by atoms with Gasteiger partial charge in [0, 0.05) is 5.57 Å². The van der Waals surface area contributed by atoms with Crippen LogP contribution >= 0.6 is 11.6 Å². The number of quaternary nitrogens is 1. The summed E-state index contributed by atoms with van der Waals surface area (Å²) in [5, 5.41) is 0. The smallest absolute Gasteiger partial charge is 0.332 e. The fourth-order valence-corrected chi connectivity index (χ4v) is 0.935. The lowest BCUT2D eigenvalue weighted by Gasteiger charge is -2.21. The third-order valence-corrected chi connectivity index (χ3v) is 1.46. The summed E-state index contributed by atoms with van der Waals surface area (Å²) in [7, 11) is 7.71. The Morgan fingerprint density at radius 3 is 1.86 bits per heavy atom. The van der Waals surface area contributed by atoms with Crippen LogP contribution in [0.3, 0.4) is 0 Å². The Kier molecular flexibility index (Phi) is 8.89. The van der Waals surface area contributed by atoms with Crippen LogP contribution in [0.4, 0.5) is 0 Å². The molecule has 4 heteroatoms. The van der Waals surface area contributed by atoms with Gasteiger partial charge in [0.2, 0.25) is 0 Å². The van der Waals surface area contributed by atoms with E-state index in [9.17, 15) is 4.79 Å². The minimum absolute atomic E-state index is 0.347. The fraction of sp³-hybridized carbons (Fsp3) is 0.700. The summed E-state index contributed by atoms with van der Waals surface area (Å²) in [5.41, 5.74) is 0.433. The van der Waals surface area contributed by atoms with Crippen molar-refractivity contribution < 1.29 is 14.0 Å². The predicted octanol–water partition coefficient (Wildman–Crippen LogP) is 1.67. The molecule has 0 unspecified atom stereocenters. The molecule has 0 aliphatic rings. The lowest BCUT2D eigenvalue weighted by molar-refractivity contribution is -0.867. The van der Waals surface area contributed by atoms with Gasteiger partial charge in [-0.3, -0.25) is 0 Å². The molecular formula is C10H21ClNO2+. The van der Waals surface area contributed by atoms with Gasteiger partial charge in [0.05, 0.1) is 40.7 Å². The number of esters is 1. The van der Waals surface area contributed by atoms with Crippen molar-refractivity contribution in [1.82, 2.24) is 0 Å². The Balaban J connectivity index is 0. The topological polar surface area (TPSA) is 26.3 Å². The molecule has 0 aromatic heterocycles. The Hall–Kier alpha value is -0.540. The monoisotopic (exact) mass is 222 g/mol. The molecule has 0 saturated heterocycles. The van der Waals surface area contributed by atoms with Crippen molar-refractivity contribution in [2.24, 2.45) is 0 Å². The van der Waals surface area contributed by atoms with Gasteiger partial charge >= 0.3 is 5.97 Å². The molecule has 0 spiro atoms. The molecule has 0 saturated carbocycles. The van der Waals surface area contributed by atoms with E-state index < -0.39 is 0 Å². The van der Waals surface area contributed by atoms with Gasteiger partial charge in [0.15, 0.2) is 0 Å². The first-order valence-corrected chi connectivity index (χ1v) is 4.88. The standard InChI is InChI=1S/C5H13ClN.C5H8O2/c1-7(2,3)5-4-6;1-4(2)5(6)7-3/h4-5H2,1-3H3;1H2,2-3H3/q+1;. The van der Waals surface area contributed by atoms with Crippen molar-refractivity contribution in [3.05, 3.63) is 12.2 Å². The number of carbonyl (C=O) groups is 1. The number of carbonyl (C=O) groups excluding carboxylic acids is 1. The zero-order chi connectivity index (χ0) is 11.8. The Morgan fingerprint density at radius 1 is 1.43 bits per heavy atom. The molecule has 0 radical (unpaired) electrons. The van der Waals surface area contributed by atoms with Gasteiger partial charge in [-0.1, -0.05) is 6.58 Å². The molecule has 0 fully saturated rings. The number of hydrogen-bond donors (Lipinski definition) is 0. The molecule has 0 aromatic carbocycles. The van der Waals surface area contributed by atoms with E-state index in [0.717, 1.165) is 16.9 Å². The SMILES string of the molecule is C=C(C)C(=O)OC.C[N+](C)(C)CCCl. The maximum Gasteiger partial charge on any atom is 0.332 e. The van der Waals surface area contributed by atoms with Crippen molar-refractivity contribution in [2.75, 3.05) is 40.7 Å². The Labute approximate surface area is 91.9 Å². The first-order valence-electron chi connectivity index (χ1n) is 4.35. The van der Waals surface area contributed by atoms with Crippen molar-refractivity contribution in [3.63, 3.8) is 0 Å². The zero-order valence-electron chi connectivity index (χ0n) is 9.76. The van der Waals surface area contributed by atoms with Gasteiger partial charge in [-0.2, -0.15) is 0 Å². The molecule has 0 atom stereocenters. The minimum atomic E-state index is -0.347. The second-order valence-corrected chi connectivity index (χ2v) is 4.35.